The predicted molar refractivity (Wildman–Crippen MR) is 129 cm³/mol. The number of nitrogens with zero attached hydrogens (tertiary/aromatic N) is 2. The van der Waals surface area contributed by atoms with Crippen LogP contribution in [0.15, 0.2) is 42.5 Å². The molecule has 1 aliphatic rings. The number of amides is 1. The minimum absolute atomic E-state index is 0.00230. The number of benzene rings is 2. The van der Waals surface area contributed by atoms with Gasteiger partial charge in [0.2, 0.25) is 0 Å². The van der Waals surface area contributed by atoms with Gasteiger partial charge in [-0.25, -0.2) is 9.37 Å². The van der Waals surface area contributed by atoms with E-state index in [2.05, 4.69) is 15.6 Å². The summed E-state index contributed by atoms with van der Waals surface area (Å²) < 4.78 is 54.5. The lowest BCUT2D eigenvalue weighted by Gasteiger charge is -2.31. The monoisotopic (exact) mass is 488 g/mol. The minimum Gasteiger partial charge on any atom is -0.382 e. The first-order valence-electron chi connectivity index (χ1n) is 11.5. The Morgan fingerprint density at radius 1 is 1.03 bits per heavy atom. The molecule has 0 spiro atoms. The summed E-state index contributed by atoms with van der Waals surface area (Å²) in [5, 5.41) is 6.81. The van der Waals surface area contributed by atoms with Gasteiger partial charge in [0.15, 0.2) is 0 Å². The molecule has 3 aromatic rings. The molecule has 35 heavy (non-hydrogen) atoms. The third-order valence-electron chi connectivity index (χ3n) is 6.44. The number of aryl methyl sites for hydroxylation is 1. The third-order valence-corrected chi connectivity index (χ3v) is 6.44. The van der Waals surface area contributed by atoms with Crippen LogP contribution in [-0.2, 0) is 6.18 Å². The molecule has 0 unspecified atom stereocenters. The summed E-state index contributed by atoms with van der Waals surface area (Å²) in [5.41, 5.74) is 1.26. The first-order valence-corrected chi connectivity index (χ1v) is 11.5. The van der Waals surface area contributed by atoms with E-state index in [1.54, 1.807) is 37.3 Å². The van der Waals surface area contributed by atoms with Gasteiger partial charge in [-0.15, -0.1) is 0 Å². The van der Waals surface area contributed by atoms with Crippen LogP contribution in [0.2, 0.25) is 0 Å². The molecule has 1 saturated carbocycles. The first-order chi connectivity index (χ1) is 16.5. The summed E-state index contributed by atoms with van der Waals surface area (Å²) in [6.07, 6.45) is -1.97. The Kier molecular flexibility index (Phi) is 6.87. The van der Waals surface area contributed by atoms with Gasteiger partial charge in [0.05, 0.1) is 11.1 Å². The maximum atomic E-state index is 14.5. The molecule has 0 saturated heterocycles. The lowest BCUT2D eigenvalue weighted by atomic mass is 9.90. The van der Waals surface area contributed by atoms with Crippen molar-refractivity contribution < 1.29 is 22.4 Å². The second kappa shape index (κ2) is 9.71. The number of alkyl halides is 3. The second-order valence-electron chi connectivity index (χ2n) is 9.25. The van der Waals surface area contributed by atoms with Crippen molar-refractivity contribution in [3.05, 3.63) is 65.1 Å². The van der Waals surface area contributed by atoms with Crippen LogP contribution in [0.5, 0.6) is 0 Å². The topological polar surface area (TPSA) is 57.3 Å². The Morgan fingerprint density at radius 2 is 1.69 bits per heavy atom. The minimum atomic E-state index is -4.54. The number of aromatic nitrogens is 1. The SMILES string of the molecule is Cc1cc(F)c(C(=O)NC2CCC(Nc3cc(C(F)(F)F)nc4ccccc34)CC2)cc1N(C)C. The molecule has 1 aliphatic carbocycles. The molecule has 4 rings (SSSR count). The number of nitrogens with one attached hydrogen (secondary N) is 2. The Bertz CT molecular complexity index is 1230. The van der Waals surface area contributed by atoms with Crippen molar-refractivity contribution in [3.63, 3.8) is 0 Å². The van der Waals surface area contributed by atoms with E-state index in [0.29, 0.717) is 36.8 Å². The van der Waals surface area contributed by atoms with E-state index in [1.807, 2.05) is 19.0 Å². The van der Waals surface area contributed by atoms with Crippen molar-refractivity contribution in [1.29, 1.82) is 0 Å². The van der Waals surface area contributed by atoms with Gasteiger partial charge in [-0.3, -0.25) is 4.79 Å². The summed E-state index contributed by atoms with van der Waals surface area (Å²) in [4.78, 5) is 18.4. The molecule has 1 fully saturated rings. The van der Waals surface area contributed by atoms with Crippen molar-refractivity contribution in [2.45, 2.75) is 50.9 Å². The van der Waals surface area contributed by atoms with Gasteiger partial charge < -0.3 is 15.5 Å². The van der Waals surface area contributed by atoms with Gasteiger partial charge >= 0.3 is 6.18 Å². The lowest BCUT2D eigenvalue weighted by Crippen LogP contribution is -2.40. The molecule has 1 amide bonds. The maximum absolute atomic E-state index is 14.5. The molecule has 0 radical (unpaired) electrons. The van der Waals surface area contributed by atoms with Crippen molar-refractivity contribution in [2.24, 2.45) is 0 Å². The summed E-state index contributed by atoms with van der Waals surface area (Å²) in [6, 6.07) is 10.5. The summed E-state index contributed by atoms with van der Waals surface area (Å²) in [6.45, 7) is 1.79. The number of hydrogen-bond acceptors (Lipinski definition) is 4. The highest BCUT2D eigenvalue weighted by Crippen LogP contribution is 2.34. The number of anilines is 2. The van der Waals surface area contributed by atoms with E-state index in [1.165, 1.54) is 6.07 Å². The van der Waals surface area contributed by atoms with Crippen molar-refractivity contribution in [3.8, 4) is 0 Å². The third kappa shape index (κ3) is 5.49. The first kappa shape index (κ1) is 24.8. The van der Waals surface area contributed by atoms with Crippen LogP contribution in [0, 0.1) is 12.7 Å². The van der Waals surface area contributed by atoms with Crippen molar-refractivity contribution in [2.75, 3.05) is 24.3 Å². The van der Waals surface area contributed by atoms with E-state index in [4.69, 9.17) is 0 Å². The van der Waals surface area contributed by atoms with Crippen LogP contribution >= 0.6 is 0 Å². The molecule has 2 aromatic carbocycles. The Labute approximate surface area is 201 Å². The van der Waals surface area contributed by atoms with Crippen LogP contribution in [0.4, 0.5) is 28.9 Å². The van der Waals surface area contributed by atoms with E-state index < -0.39 is 23.6 Å². The molecule has 2 N–H and O–H groups in total. The zero-order chi connectivity index (χ0) is 25.3. The number of para-hydroxylation sites is 1. The number of fused-ring (bicyclic) bond motifs is 1. The molecule has 5 nitrogen and oxygen atoms in total. The van der Waals surface area contributed by atoms with Crippen molar-refractivity contribution in [1.82, 2.24) is 10.3 Å². The van der Waals surface area contributed by atoms with Gasteiger partial charge in [0.25, 0.3) is 5.91 Å². The maximum Gasteiger partial charge on any atom is 0.433 e. The quantitative estimate of drug-likeness (QED) is 0.438. The number of carbonyl (C=O) groups is 1. The predicted octanol–water partition coefficient (Wildman–Crippen LogP) is 5.92. The zero-order valence-corrected chi connectivity index (χ0v) is 19.8. The van der Waals surface area contributed by atoms with Gasteiger partial charge in [-0.2, -0.15) is 13.2 Å². The number of rotatable bonds is 5. The standard InChI is InChI=1S/C26H28F4N4O/c1-15-12-20(27)19(13-23(15)34(2)3)25(35)32-17-10-8-16(9-11-17)31-22-14-24(26(28,29)30)33-21-7-5-4-6-18(21)22/h4-7,12-14,16-17H,8-11H2,1-3H3,(H,31,33)(H,32,35). The van der Waals surface area contributed by atoms with Gasteiger partial charge in [-0.05, 0) is 62.4 Å². The average molecular weight is 489 g/mol. The Hall–Kier alpha value is -3.36. The van der Waals surface area contributed by atoms with Crippen molar-refractivity contribution >= 4 is 28.2 Å². The number of pyridine rings is 1. The van der Waals surface area contributed by atoms with E-state index in [-0.39, 0.29) is 23.2 Å². The second-order valence-corrected chi connectivity index (χ2v) is 9.25. The molecular weight excluding hydrogens is 460 g/mol. The fraction of sp³-hybridized carbons (Fsp3) is 0.385. The fourth-order valence-electron chi connectivity index (χ4n) is 4.62. The molecule has 1 aromatic heterocycles. The summed E-state index contributed by atoms with van der Waals surface area (Å²) in [7, 11) is 3.67. The highest BCUT2D eigenvalue weighted by Gasteiger charge is 2.34. The molecule has 0 bridgehead atoms. The van der Waals surface area contributed by atoms with Crippen LogP contribution in [0.25, 0.3) is 10.9 Å². The van der Waals surface area contributed by atoms with Crippen LogP contribution in [-0.4, -0.2) is 37.1 Å². The average Bonchev–Trinajstić information content (AvgIpc) is 2.79. The molecule has 186 valence electrons. The smallest absolute Gasteiger partial charge is 0.382 e. The largest absolute Gasteiger partial charge is 0.433 e. The molecular formula is C26H28F4N4O. The number of hydrogen-bond donors (Lipinski definition) is 2. The van der Waals surface area contributed by atoms with E-state index >= 15 is 0 Å². The highest BCUT2D eigenvalue weighted by molar-refractivity contribution is 5.96. The lowest BCUT2D eigenvalue weighted by molar-refractivity contribution is -0.140. The van der Waals surface area contributed by atoms with E-state index in [9.17, 15) is 22.4 Å². The Morgan fingerprint density at radius 3 is 2.34 bits per heavy atom. The van der Waals surface area contributed by atoms with E-state index in [0.717, 1.165) is 17.3 Å². The highest BCUT2D eigenvalue weighted by atomic mass is 19.4. The van der Waals surface area contributed by atoms with Crippen LogP contribution in [0.3, 0.4) is 0 Å². The fourth-order valence-corrected chi connectivity index (χ4v) is 4.62. The normalized spacial score (nSPS) is 18.4. The van der Waals surface area contributed by atoms with Gasteiger partial charge in [0.1, 0.15) is 11.5 Å². The molecule has 0 aliphatic heterocycles. The van der Waals surface area contributed by atoms with Gasteiger partial charge in [-0.1, -0.05) is 18.2 Å². The Balaban J connectivity index is 1.43. The summed E-state index contributed by atoms with van der Waals surface area (Å²) >= 11 is 0. The van der Waals surface area contributed by atoms with Crippen LogP contribution < -0.4 is 15.5 Å². The van der Waals surface area contributed by atoms with Crippen LogP contribution in [0.1, 0.15) is 47.3 Å². The number of carbonyl (C=O) groups excluding carboxylic acids is 1. The molecule has 0 atom stereocenters. The number of halogens is 4. The summed E-state index contributed by atoms with van der Waals surface area (Å²) in [5.74, 6) is -1.03. The zero-order valence-electron chi connectivity index (χ0n) is 19.8. The molecule has 9 heteroatoms. The van der Waals surface area contributed by atoms with Gasteiger partial charge in [0, 0.05) is 42.9 Å². The molecule has 1 heterocycles.